The Labute approximate surface area is 223 Å². The monoisotopic (exact) mass is 537 g/mol. The minimum absolute atomic E-state index is 0.0436. The fraction of sp³-hybridized carbons (Fsp3) is 0.185. The van der Waals surface area contributed by atoms with Crippen molar-refractivity contribution in [2.24, 2.45) is 5.73 Å². The second-order valence-electron chi connectivity index (χ2n) is 8.35. The van der Waals surface area contributed by atoms with E-state index >= 15 is 0 Å². The van der Waals surface area contributed by atoms with Gasteiger partial charge < -0.3 is 25.8 Å². The summed E-state index contributed by atoms with van der Waals surface area (Å²) in [4.78, 5) is 32.4. The maximum absolute atomic E-state index is 13.4. The third-order valence-corrected chi connectivity index (χ3v) is 5.90. The molecule has 0 aliphatic carbocycles. The van der Waals surface area contributed by atoms with Crippen LogP contribution in [0.4, 0.5) is 21.6 Å². The Morgan fingerprint density at radius 1 is 1.08 bits per heavy atom. The summed E-state index contributed by atoms with van der Waals surface area (Å²) in [5.74, 6) is -0.260. The number of hydrogen-bond donors (Lipinski definition) is 3. The molecule has 0 saturated heterocycles. The lowest BCUT2D eigenvalue weighted by Crippen LogP contribution is -2.36. The van der Waals surface area contributed by atoms with Gasteiger partial charge in [0, 0.05) is 23.2 Å². The number of methoxy groups -OCH3 is 1. The number of nitrogens with two attached hydrogens (primary N) is 1. The average molecular weight is 538 g/mol. The van der Waals surface area contributed by atoms with Crippen molar-refractivity contribution in [3.05, 3.63) is 83.4 Å². The molecule has 1 atom stereocenters. The van der Waals surface area contributed by atoms with Crippen molar-refractivity contribution >= 4 is 51.6 Å². The number of hydrogen-bond acceptors (Lipinski definition) is 8. The first-order valence-electron chi connectivity index (χ1n) is 11.6. The average Bonchev–Trinajstić information content (AvgIpc) is 2.91. The summed E-state index contributed by atoms with van der Waals surface area (Å²) in [5, 5.41) is 6.97. The quantitative estimate of drug-likeness (QED) is 0.242. The van der Waals surface area contributed by atoms with E-state index in [2.05, 4.69) is 25.3 Å². The molecule has 0 radical (unpaired) electrons. The molecule has 0 fully saturated rings. The third-order valence-electron chi connectivity index (χ3n) is 5.60. The van der Waals surface area contributed by atoms with Crippen molar-refractivity contribution in [2.75, 3.05) is 17.7 Å². The lowest BCUT2D eigenvalue weighted by molar-refractivity contribution is -0.140. The SMILES string of the molecule is COC(=O)CC[C@H](N)C(=O)Nc1ccc2ncnc(Nc3ccc(OCc4cccc(F)c4)c(Cl)c3)c2c1. The Morgan fingerprint density at radius 3 is 2.66 bits per heavy atom. The van der Waals surface area contributed by atoms with Crippen LogP contribution in [0.15, 0.2) is 67.0 Å². The van der Waals surface area contributed by atoms with E-state index in [0.29, 0.717) is 44.4 Å². The molecule has 38 heavy (non-hydrogen) atoms. The number of benzene rings is 3. The van der Waals surface area contributed by atoms with E-state index in [9.17, 15) is 14.0 Å². The molecular weight excluding hydrogens is 513 g/mol. The van der Waals surface area contributed by atoms with E-state index in [-0.39, 0.29) is 25.3 Å². The van der Waals surface area contributed by atoms with E-state index in [1.807, 2.05) is 0 Å². The fourth-order valence-electron chi connectivity index (χ4n) is 3.60. The number of esters is 1. The molecule has 4 rings (SSSR count). The molecule has 0 spiro atoms. The van der Waals surface area contributed by atoms with E-state index < -0.39 is 17.9 Å². The Balaban J connectivity index is 1.46. The second kappa shape index (κ2) is 12.3. The molecule has 4 N–H and O–H groups in total. The number of rotatable bonds is 10. The number of halogens is 2. The van der Waals surface area contributed by atoms with Crippen LogP contribution in [0.2, 0.25) is 5.02 Å². The summed E-state index contributed by atoms with van der Waals surface area (Å²) in [7, 11) is 1.28. The number of carbonyl (C=O) groups excluding carboxylic acids is 2. The molecule has 1 heterocycles. The highest BCUT2D eigenvalue weighted by molar-refractivity contribution is 6.32. The highest BCUT2D eigenvalue weighted by Gasteiger charge is 2.16. The summed E-state index contributed by atoms with van der Waals surface area (Å²) >= 11 is 6.42. The number of anilines is 3. The van der Waals surface area contributed by atoms with Gasteiger partial charge >= 0.3 is 5.97 Å². The Morgan fingerprint density at radius 2 is 1.89 bits per heavy atom. The van der Waals surface area contributed by atoms with Crippen LogP contribution in [0.3, 0.4) is 0 Å². The molecule has 4 aromatic rings. The van der Waals surface area contributed by atoms with Gasteiger partial charge in [0.15, 0.2) is 0 Å². The lowest BCUT2D eigenvalue weighted by atomic mass is 10.1. The van der Waals surface area contributed by atoms with Crippen molar-refractivity contribution in [2.45, 2.75) is 25.5 Å². The van der Waals surface area contributed by atoms with Gasteiger partial charge in [-0.2, -0.15) is 0 Å². The normalized spacial score (nSPS) is 11.6. The molecule has 9 nitrogen and oxygen atoms in total. The molecule has 3 aromatic carbocycles. The van der Waals surface area contributed by atoms with Crippen molar-refractivity contribution in [3.63, 3.8) is 0 Å². The van der Waals surface area contributed by atoms with E-state index in [4.69, 9.17) is 22.1 Å². The third kappa shape index (κ3) is 6.93. The Kier molecular flexibility index (Phi) is 8.67. The summed E-state index contributed by atoms with van der Waals surface area (Å²) in [5.41, 5.74) is 8.38. The van der Waals surface area contributed by atoms with Crippen molar-refractivity contribution in [1.29, 1.82) is 0 Å². The van der Waals surface area contributed by atoms with Crippen LogP contribution in [0, 0.1) is 5.82 Å². The first-order valence-corrected chi connectivity index (χ1v) is 12.0. The number of amides is 1. The van der Waals surface area contributed by atoms with Crippen LogP contribution in [-0.2, 0) is 20.9 Å². The molecule has 1 aromatic heterocycles. The number of ether oxygens (including phenoxy) is 2. The standard InChI is InChI=1S/C27H25ClFN5O4/c1-37-25(35)10-7-22(30)27(36)34-18-5-8-23-20(12-18)26(32-15-31-23)33-19-6-9-24(21(28)13-19)38-14-16-3-2-4-17(29)11-16/h2-6,8-9,11-13,15,22H,7,10,14,30H2,1H3,(H,34,36)(H,31,32,33)/t22-/m0/s1. The zero-order chi connectivity index (χ0) is 27.1. The zero-order valence-corrected chi connectivity index (χ0v) is 21.2. The highest BCUT2D eigenvalue weighted by Crippen LogP contribution is 2.31. The predicted octanol–water partition coefficient (Wildman–Crippen LogP) is 4.96. The predicted molar refractivity (Wildman–Crippen MR) is 143 cm³/mol. The van der Waals surface area contributed by atoms with Gasteiger partial charge in [-0.3, -0.25) is 9.59 Å². The summed E-state index contributed by atoms with van der Waals surface area (Å²) in [6.45, 7) is 0.168. The van der Waals surface area contributed by atoms with Gasteiger partial charge in [0.2, 0.25) is 5.91 Å². The van der Waals surface area contributed by atoms with Gasteiger partial charge in [-0.15, -0.1) is 0 Å². The molecule has 0 aliphatic rings. The summed E-state index contributed by atoms with van der Waals surface area (Å²) in [6.07, 6.45) is 1.62. The number of carbonyl (C=O) groups is 2. The molecule has 0 saturated carbocycles. The fourth-order valence-corrected chi connectivity index (χ4v) is 3.83. The Hall–Kier alpha value is -4.28. The van der Waals surface area contributed by atoms with E-state index in [1.165, 1.54) is 25.6 Å². The molecule has 11 heteroatoms. The van der Waals surface area contributed by atoms with Crippen LogP contribution >= 0.6 is 11.6 Å². The second-order valence-corrected chi connectivity index (χ2v) is 8.76. The maximum atomic E-state index is 13.4. The molecule has 0 bridgehead atoms. The smallest absolute Gasteiger partial charge is 0.305 e. The highest BCUT2D eigenvalue weighted by atomic mass is 35.5. The zero-order valence-electron chi connectivity index (χ0n) is 20.4. The summed E-state index contributed by atoms with van der Waals surface area (Å²) < 4.78 is 23.7. The first-order chi connectivity index (χ1) is 18.3. The van der Waals surface area contributed by atoms with Crippen molar-refractivity contribution < 1.29 is 23.5 Å². The van der Waals surface area contributed by atoms with E-state index in [1.54, 1.807) is 48.5 Å². The number of nitrogens with one attached hydrogen (secondary N) is 2. The van der Waals surface area contributed by atoms with Gasteiger partial charge in [-0.25, -0.2) is 14.4 Å². The largest absolute Gasteiger partial charge is 0.487 e. The number of aromatic nitrogens is 2. The van der Waals surface area contributed by atoms with Gasteiger partial charge in [0.1, 0.15) is 30.3 Å². The van der Waals surface area contributed by atoms with Gasteiger partial charge in [0.05, 0.1) is 23.7 Å². The van der Waals surface area contributed by atoms with Crippen LogP contribution in [0.1, 0.15) is 18.4 Å². The van der Waals surface area contributed by atoms with Crippen molar-refractivity contribution in [1.82, 2.24) is 9.97 Å². The lowest BCUT2D eigenvalue weighted by Gasteiger charge is -2.14. The topological polar surface area (TPSA) is 128 Å². The minimum atomic E-state index is -0.877. The summed E-state index contributed by atoms with van der Waals surface area (Å²) in [6, 6.07) is 15.6. The Bertz CT molecular complexity index is 1470. The first kappa shape index (κ1) is 26.8. The van der Waals surface area contributed by atoms with E-state index in [0.717, 1.165) is 0 Å². The molecule has 1 amide bonds. The number of fused-ring (bicyclic) bond motifs is 1. The van der Waals surface area contributed by atoms with Crippen LogP contribution in [0.5, 0.6) is 5.75 Å². The number of nitrogens with zero attached hydrogens (tertiary/aromatic N) is 2. The van der Waals surface area contributed by atoms with Gasteiger partial charge in [-0.1, -0.05) is 23.7 Å². The van der Waals surface area contributed by atoms with Crippen LogP contribution < -0.4 is 21.1 Å². The molecule has 0 aliphatic heterocycles. The van der Waals surface area contributed by atoms with Crippen molar-refractivity contribution in [3.8, 4) is 5.75 Å². The van der Waals surface area contributed by atoms with Crippen LogP contribution in [0.25, 0.3) is 10.9 Å². The van der Waals surface area contributed by atoms with Gasteiger partial charge in [-0.05, 0) is 60.5 Å². The van der Waals surface area contributed by atoms with Crippen LogP contribution in [-0.4, -0.2) is 35.0 Å². The van der Waals surface area contributed by atoms with Gasteiger partial charge in [0.25, 0.3) is 0 Å². The minimum Gasteiger partial charge on any atom is -0.487 e. The molecule has 196 valence electrons. The maximum Gasteiger partial charge on any atom is 0.305 e. The molecular formula is C27H25ClFN5O4. The molecule has 0 unspecified atom stereocenters.